The van der Waals surface area contributed by atoms with Crippen molar-refractivity contribution >= 4 is 5.91 Å². The lowest BCUT2D eigenvalue weighted by Gasteiger charge is -2.43. The summed E-state index contributed by atoms with van der Waals surface area (Å²) in [6.07, 6.45) is 5.23. The maximum absolute atomic E-state index is 12.9. The van der Waals surface area contributed by atoms with Crippen LogP contribution in [0.15, 0.2) is 24.3 Å². The number of hydrogen-bond acceptors (Lipinski definition) is 4. The molecule has 2 fully saturated rings. The van der Waals surface area contributed by atoms with Crippen LogP contribution in [0.3, 0.4) is 0 Å². The molecule has 0 aromatic heterocycles. The van der Waals surface area contributed by atoms with Crippen molar-refractivity contribution in [1.82, 2.24) is 4.90 Å². The fraction of sp³-hybridized carbons (Fsp3) is 0.650. The van der Waals surface area contributed by atoms with Gasteiger partial charge in [-0.1, -0.05) is 12.1 Å². The zero-order valence-corrected chi connectivity index (χ0v) is 15.5. The smallest absolute Gasteiger partial charge is 0.223 e. The normalized spacial score (nSPS) is 28.7. The van der Waals surface area contributed by atoms with E-state index in [2.05, 4.69) is 0 Å². The van der Waals surface area contributed by atoms with Crippen LogP contribution in [0.2, 0.25) is 0 Å². The number of carbonyl (C=O) groups excluding carboxylic acids is 1. The first-order valence-corrected chi connectivity index (χ1v) is 9.12. The molecule has 138 valence electrons. The van der Waals surface area contributed by atoms with E-state index in [1.165, 1.54) is 0 Å². The van der Waals surface area contributed by atoms with Crippen LogP contribution in [0.25, 0.3) is 0 Å². The molecular weight excluding hydrogens is 318 g/mol. The first kappa shape index (κ1) is 18.2. The molecule has 1 heterocycles. The van der Waals surface area contributed by atoms with Gasteiger partial charge in [-0.05, 0) is 49.8 Å². The van der Waals surface area contributed by atoms with Gasteiger partial charge in [0.2, 0.25) is 5.91 Å². The van der Waals surface area contributed by atoms with Crippen LogP contribution >= 0.6 is 0 Å². The fourth-order valence-electron chi connectivity index (χ4n) is 4.40. The molecule has 1 aliphatic heterocycles. The maximum atomic E-state index is 12.9. The number of nitrogens with zero attached hydrogens (tertiary/aromatic N) is 1. The molecule has 0 spiro atoms. The largest absolute Gasteiger partial charge is 0.497 e. The average molecular weight is 347 g/mol. The molecule has 5 nitrogen and oxygen atoms in total. The van der Waals surface area contributed by atoms with Crippen LogP contribution in [0.5, 0.6) is 5.75 Å². The first-order chi connectivity index (χ1) is 12.1. The highest BCUT2D eigenvalue weighted by Crippen LogP contribution is 2.43. The minimum atomic E-state index is -0.180. The summed E-state index contributed by atoms with van der Waals surface area (Å²) in [4.78, 5) is 14.9. The standard InChI is InChI=1S/C20H29NO4/c1-23-16-6-4-5-15(13-16)7-8-19(22)21-12-11-20(25-3)10-9-17(24-2)14-18(20)21/h4-6,13,17-18H,7-12,14H2,1-3H3/t17-,18-,20+/m0/s1. The minimum absolute atomic E-state index is 0.133. The second-order valence-electron chi connectivity index (χ2n) is 7.11. The topological polar surface area (TPSA) is 48.0 Å². The number of likely N-dealkylation sites (tertiary alicyclic amines) is 1. The summed E-state index contributed by atoms with van der Waals surface area (Å²) in [6, 6.07) is 8.06. The highest BCUT2D eigenvalue weighted by Gasteiger charge is 2.52. The number of ether oxygens (including phenoxy) is 3. The highest BCUT2D eigenvalue weighted by molar-refractivity contribution is 5.77. The van der Waals surface area contributed by atoms with Crippen molar-refractivity contribution in [3.63, 3.8) is 0 Å². The van der Waals surface area contributed by atoms with Crippen molar-refractivity contribution in [1.29, 1.82) is 0 Å². The average Bonchev–Trinajstić information content (AvgIpc) is 3.05. The van der Waals surface area contributed by atoms with Gasteiger partial charge in [0, 0.05) is 27.2 Å². The molecule has 0 radical (unpaired) electrons. The Hall–Kier alpha value is -1.59. The third-order valence-corrected chi connectivity index (χ3v) is 5.96. The minimum Gasteiger partial charge on any atom is -0.497 e. The van der Waals surface area contributed by atoms with E-state index in [4.69, 9.17) is 14.2 Å². The van der Waals surface area contributed by atoms with Gasteiger partial charge in [0.05, 0.1) is 24.9 Å². The predicted octanol–water partition coefficient (Wildman–Crippen LogP) is 2.81. The van der Waals surface area contributed by atoms with Crippen LogP contribution in [-0.4, -0.2) is 56.4 Å². The molecule has 2 aliphatic rings. The van der Waals surface area contributed by atoms with Crippen LogP contribution in [-0.2, 0) is 20.7 Å². The first-order valence-electron chi connectivity index (χ1n) is 9.12. The van der Waals surface area contributed by atoms with Gasteiger partial charge in [-0.3, -0.25) is 4.79 Å². The summed E-state index contributed by atoms with van der Waals surface area (Å²) in [7, 11) is 5.20. The van der Waals surface area contributed by atoms with Crippen LogP contribution in [0.4, 0.5) is 0 Å². The predicted molar refractivity (Wildman–Crippen MR) is 95.8 cm³/mol. The second kappa shape index (κ2) is 7.75. The summed E-state index contributed by atoms with van der Waals surface area (Å²) >= 11 is 0. The Balaban J connectivity index is 1.65. The van der Waals surface area contributed by atoms with Crippen LogP contribution < -0.4 is 4.74 Å². The van der Waals surface area contributed by atoms with Crippen LogP contribution in [0, 0.1) is 0 Å². The third-order valence-electron chi connectivity index (χ3n) is 5.96. The molecular formula is C20H29NO4. The van der Waals surface area contributed by atoms with E-state index in [1.54, 1.807) is 21.3 Å². The fourth-order valence-corrected chi connectivity index (χ4v) is 4.40. The SMILES string of the molecule is COc1cccc(CCC(=O)N2CC[C@]3(OC)CC[C@H](OC)C[C@H]23)c1. The van der Waals surface area contributed by atoms with Gasteiger partial charge in [0.1, 0.15) is 5.75 Å². The van der Waals surface area contributed by atoms with E-state index in [0.717, 1.165) is 50.0 Å². The molecule has 1 aromatic rings. The number of carbonyl (C=O) groups is 1. The van der Waals surface area contributed by atoms with Gasteiger partial charge in [0.15, 0.2) is 0 Å². The van der Waals surface area contributed by atoms with Crippen molar-refractivity contribution in [2.75, 3.05) is 27.9 Å². The number of rotatable bonds is 6. The van der Waals surface area contributed by atoms with E-state index in [0.29, 0.717) is 6.42 Å². The molecule has 0 N–H and O–H groups in total. The van der Waals surface area contributed by atoms with Crippen molar-refractivity contribution in [3.8, 4) is 5.75 Å². The molecule has 0 unspecified atom stereocenters. The maximum Gasteiger partial charge on any atom is 0.223 e. The molecule has 3 rings (SSSR count). The van der Waals surface area contributed by atoms with Crippen molar-refractivity contribution in [2.45, 2.75) is 56.3 Å². The summed E-state index contributed by atoms with van der Waals surface area (Å²) < 4.78 is 16.7. The molecule has 5 heteroatoms. The Kier molecular flexibility index (Phi) is 5.64. The van der Waals surface area contributed by atoms with Gasteiger partial charge >= 0.3 is 0 Å². The lowest BCUT2D eigenvalue weighted by molar-refractivity contribution is -0.140. The van der Waals surface area contributed by atoms with Crippen molar-refractivity contribution < 1.29 is 19.0 Å². The van der Waals surface area contributed by atoms with Crippen molar-refractivity contribution in [2.24, 2.45) is 0 Å². The lowest BCUT2D eigenvalue weighted by Crippen LogP contribution is -2.53. The Bertz CT molecular complexity index is 605. The summed E-state index contributed by atoms with van der Waals surface area (Å²) in [5.74, 6) is 1.04. The van der Waals surface area contributed by atoms with Gasteiger partial charge < -0.3 is 19.1 Å². The molecule has 1 aromatic carbocycles. The number of methoxy groups -OCH3 is 3. The van der Waals surface area contributed by atoms with Gasteiger partial charge in [-0.15, -0.1) is 0 Å². The molecule has 0 bridgehead atoms. The number of hydrogen-bond donors (Lipinski definition) is 0. The Morgan fingerprint density at radius 3 is 2.84 bits per heavy atom. The zero-order chi connectivity index (χ0) is 17.9. The van der Waals surface area contributed by atoms with Gasteiger partial charge in [0.25, 0.3) is 0 Å². The van der Waals surface area contributed by atoms with Crippen LogP contribution in [0.1, 0.15) is 37.7 Å². The molecule has 1 amide bonds. The van der Waals surface area contributed by atoms with Crippen molar-refractivity contribution in [3.05, 3.63) is 29.8 Å². The van der Waals surface area contributed by atoms with E-state index < -0.39 is 0 Å². The monoisotopic (exact) mass is 347 g/mol. The second-order valence-corrected chi connectivity index (χ2v) is 7.11. The van der Waals surface area contributed by atoms with Gasteiger partial charge in [-0.25, -0.2) is 0 Å². The number of benzene rings is 1. The van der Waals surface area contributed by atoms with E-state index in [1.807, 2.05) is 29.2 Å². The Labute approximate surface area is 150 Å². The van der Waals surface area contributed by atoms with E-state index >= 15 is 0 Å². The Morgan fingerprint density at radius 1 is 1.28 bits per heavy atom. The zero-order valence-electron chi connectivity index (χ0n) is 15.5. The molecule has 1 saturated heterocycles. The Morgan fingerprint density at radius 2 is 2.12 bits per heavy atom. The third kappa shape index (κ3) is 3.67. The molecule has 1 saturated carbocycles. The molecule has 3 atom stereocenters. The summed E-state index contributed by atoms with van der Waals surface area (Å²) in [5.41, 5.74) is 0.948. The summed E-state index contributed by atoms with van der Waals surface area (Å²) in [6.45, 7) is 0.784. The highest BCUT2D eigenvalue weighted by atomic mass is 16.5. The summed E-state index contributed by atoms with van der Waals surface area (Å²) in [5, 5.41) is 0. The van der Waals surface area contributed by atoms with Gasteiger partial charge in [-0.2, -0.15) is 0 Å². The number of amides is 1. The number of aryl methyl sites for hydroxylation is 1. The quantitative estimate of drug-likeness (QED) is 0.794. The molecule has 1 aliphatic carbocycles. The lowest BCUT2D eigenvalue weighted by atomic mass is 9.79. The van der Waals surface area contributed by atoms with E-state index in [9.17, 15) is 4.79 Å². The molecule has 25 heavy (non-hydrogen) atoms. The number of fused-ring (bicyclic) bond motifs is 1. The van der Waals surface area contributed by atoms with E-state index in [-0.39, 0.29) is 23.7 Å².